The summed E-state index contributed by atoms with van der Waals surface area (Å²) < 4.78 is 5.00. The van der Waals surface area contributed by atoms with E-state index in [1.807, 2.05) is 31.2 Å². The average molecular weight is 289 g/mol. The number of anilines is 1. The lowest BCUT2D eigenvalue weighted by Crippen LogP contribution is -2.21. The van der Waals surface area contributed by atoms with Gasteiger partial charge in [0.1, 0.15) is 0 Å². The number of nitrogens with one attached hydrogen (secondary N) is 1. The van der Waals surface area contributed by atoms with E-state index in [1.54, 1.807) is 0 Å². The summed E-state index contributed by atoms with van der Waals surface area (Å²) in [5.41, 5.74) is 2.00. The molecule has 4 nitrogen and oxygen atoms in total. The summed E-state index contributed by atoms with van der Waals surface area (Å²) in [6.07, 6.45) is 0.870. The second kappa shape index (κ2) is 5.88. The zero-order chi connectivity index (χ0) is 15.6. The van der Waals surface area contributed by atoms with Crippen molar-refractivity contribution in [2.24, 2.45) is 11.8 Å². The first-order valence-electron chi connectivity index (χ1n) is 7.34. The van der Waals surface area contributed by atoms with Crippen LogP contribution in [0.15, 0.2) is 24.3 Å². The van der Waals surface area contributed by atoms with Crippen molar-refractivity contribution in [2.75, 3.05) is 11.9 Å². The van der Waals surface area contributed by atoms with Crippen molar-refractivity contribution in [3.63, 3.8) is 0 Å². The van der Waals surface area contributed by atoms with E-state index in [9.17, 15) is 9.59 Å². The van der Waals surface area contributed by atoms with Gasteiger partial charge in [-0.15, -0.1) is 0 Å². The molecule has 1 aromatic carbocycles. The minimum Gasteiger partial charge on any atom is -0.455 e. The monoisotopic (exact) mass is 289 g/mol. The summed E-state index contributed by atoms with van der Waals surface area (Å²) in [4.78, 5) is 23.3. The fraction of sp³-hybridized carbons (Fsp3) is 0.529. The summed E-state index contributed by atoms with van der Waals surface area (Å²) in [6, 6.07) is 7.72. The Kier molecular flexibility index (Phi) is 4.35. The highest BCUT2D eigenvalue weighted by atomic mass is 16.5. The number of benzene rings is 1. The highest BCUT2D eigenvalue weighted by Crippen LogP contribution is 2.38. The number of amides is 1. The molecule has 2 atom stereocenters. The van der Waals surface area contributed by atoms with Crippen molar-refractivity contribution in [3.8, 4) is 0 Å². The minimum absolute atomic E-state index is 0.0103. The van der Waals surface area contributed by atoms with Gasteiger partial charge in [0.2, 0.25) is 0 Å². The van der Waals surface area contributed by atoms with Crippen LogP contribution in [0.5, 0.6) is 0 Å². The van der Waals surface area contributed by atoms with E-state index >= 15 is 0 Å². The maximum atomic E-state index is 11.7. The van der Waals surface area contributed by atoms with Crippen molar-refractivity contribution in [3.05, 3.63) is 29.8 Å². The van der Waals surface area contributed by atoms with Crippen molar-refractivity contribution >= 4 is 17.6 Å². The number of ether oxygens (including phenoxy) is 1. The van der Waals surface area contributed by atoms with Gasteiger partial charge >= 0.3 is 5.97 Å². The molecule has 0 aromatic heterocycles. The van der Waals surface area contributed by atoms with E-state index in [2.05, 4.69) is 26.1 Å². The number of rotatable bonds is 4. The number of esters is 1. The predicted molar refractivity (Wildman–Crippen MR) is 82.0 cm³/mol. The van der Waals surface area contributed by atoms with E-state index in [0.717, 1.165) is 6.42 Å². The van der Waals surface area contributed by atoms with E-state index < -0.39 is 0 Å². The van der Waals surface area contributed by atoms with Gasteiger partial charge in [0.15, 0.2) is 6.61 Å². The lowest BCUT2D eigenvalue weighted by Gasteiger charge is -2.19. The SMILES string of the molecule is C[C@H]1C[C@@H]1C(=O)OCC(=O)Nc1ccc(C(C)(C)C)cc1. The van der Waals surface area contributed by atoms with Gasteiger partial charge in [-0.25, -0.2) is 0 Å². The molecule has 4 heteroatoms. The largest absolute Gasteiger partial charge is 0.455 e. The Hall–Kier alpha value is -1.84. The Labute approximate surface area is 125 Å². The predicted octanol–water partition coefficient (Wildman–Crippen LogP) is 3.12. The molecule has 1 amide bonds. The third-order valence-electron chi connectivity index (χ3n) is 3.79. The summed E-state index contributed by atoms with van der Waals surface area (Å²) in [7, 11) is 0. The molecule has 1 aromatic rings. The molecule has 0 heterocycles. The maximum Gasteiger partial charge on any atom is 0.309 e. The highest BCUT2D eigenvalue weighted by molar-refractivity contribution is 5.93. The first-order valence-corrected chi connectivity index (χ1v) is 7.34. The fourth-order valence-electron chi connectivity index (χ4n) is 2.14. The molecule has 1 aliphatic carbocycles. The van der Waals surface area contributed by atoms with E-state index in [1.165, 1.54) is 5.56 Å². The van der Waals surface area contributed by atoms with Gasteiger partial charge in [-0.2, -0.15) is 0 Å². The number of hydrogen-bond donors (Lipinski definition) is 1. The third kappa shape index (κ3) is 4.31. The fourth-order valence-corrected chi connectivity index (χ4v) is 2.14. The zero-order valence-electron chi connectivity index (χ0n) is 13.1. The smallest absolute Gasteiger partial charge is 0.309 e. The summed E-state index contributed by atoms with van der Waals surface area (Å²) in [5.74, 6) is -0.185. The molecule has 0 bridgehead atoms. The second-order valence-electron chi connectivity index (χ2n) is 6.80. The molecule has 1 aliphatic rings. The average Bonchev–Trinajstić information content (AvgIpc) is 3.13. The molecule has 2 rings (SSSR count). The lowest BCUT2D eigenvalue weighted by molar-refractivity contribution is -0.148. The second-order valence-corrected chi connectivity index (χ2v) is 6.80. The van der Waals surface area contributed by atoms with Gasteiger partial charge in [0.05, 0.1) is 5.92 Å². The van der Waals surface area contributed by atoms with Crippen LogP contribution in [0.3, 0.4) is 0 Å². The number of carbonyl (C=O) groups is 2. The lowest BCUT2D eigenvalue weighted by atomic mass is 9.87. The molecule has 1 N–H and O–H groups in total. The Morgan fingerprint density at radius 2 is 1.81 bits per heavy atom. The molecule has 114 valence electrons. The Balaban J connectivity index is 1.81. The quantitative estimate of drug-likeness (QED) is 0.866. The Morgan fingerprint density at radius 1 is 1.24 bits per heavy atom. The van der Waals surface area contributed by atoms with E-state index in [-0.39, 0.29) is 29.8 Å². The van der Waals surface area contributed by atoms with Crippen LogP contribution in [0, 0.1) is 11.8 Å². The Bertz CT molecular complexity index is 528. The molecular formula is C17H23NO3. The van der Waals surface area contributed by atoms with Crippen molar-refractivity contribution in [1.82, 2.24) is 0 Å². The van der Waals surface area contributed by atoms with E-state index in [4.69, 9.17) is 4.74 Å². The Morgan fingerprint density at radius 3 is 2.29 bits per heavy atom. The van der Waals surface area contributed by atoms with Crippen molar-refractivity contribution in [1.29, 1.82) is 0 Å². The molecule has 0 unspecified atom stereocenters. The molecule has 0 saturated heterocycles. The number of hydrogen-bond acceptors (Lipinski definition) is 3. The van der Waals surface area contributed by atoms with Crippen LogP contribution in [0.4, 0.5) is 5.69 Å². The molecule has 1 saturated carbocycles. The minimum atomic E-state index is -0.305. The van der Waals surface area contributed by atoms with Gasteiger partial charge in [0, 0.05) is 5.69 Å². The summed E-state index contributed by atoms with van der Waals surface area (Å²) >= 11 is 0. The molecule has 0 radical (unpaired) electrons. The van der Waals surface area contributed by atoms with Crippen LogP contribution < -0.4 is 5.32 Å². The van der Waals surface area contributed by atoms with Crippen LogP contribution >= 0.6 is 0 Å². The summed E-state index contributed by atoms with van der Waals surface area (Å²) in [5, 5.41) is 2.73. The highest BCUT2D eigenvalue weighted by Gasteiger charge is 2.40. The van der Waals surface area contributed by atoms with Crippen molar-refractivity contribution < 1.29 is 14.3 Å². The first kappa shape index (κ1) is 15.5. The van der Waals surface area contributed by atoms with Crippen LogP contribution in [0.1, 0.15) is 39.7 Å². The van der Waals surface area contributed by atoms with Crippen LogP contribution in [0.2, 0.25) is 0 Å². The molecule has 1 fully saturated rings. The van der Waals surface area contributed by atoms with Crippen LogP contribution in [0.25, 0.3) is 0 Å². The van der Waals surface area contributed by atoms with Gasteiger partial charge in [-0.05, 0) is 35.4 Å². The standard InChI is InChI=1S/C17H23NO3/c1-11-9-14(11)16(20)21-10-15(19)18-13-7-5-12(6-8-13)17(2,3)4/h5-8,11,14H,9-10H2,1-4H3,(H,18,19)/t11-,14-/m0/s1. The van der Waals surface area contributed by atoms with E-state index in [0.29, 0.717) is 11.6 Å². The van der Waals surface area contributed by atoms with Gasteiger partial charge < -0.3 is 10.1 Å². The van der Waals surface area contributed by atoms with Gasteiger partial charge in [0.25, 0.3) is 5.91 Å². The zero-order valence-corrected chi connectivity index (χ0v) is 13.1. The van der Waals surface area contributed by atoms with Crippen molar-refractivity contribution in [2.45, 2.75) is 39.5 Å². The number of carbonyl (C=O) groups excluding carboxylic acids is 2. The summed E-state index contributed by atoms with van der Waals surface area (Å²) in [6.45, 7) is 8.20. The maximum absolute atomic E-state index is 11.7. The first-order chi connectivity index (χ1) is 9.77. The molecular weight excluding hydrogens is 266 g/mol. The molecule has 21 heavy (non-hydrogen) atoms. The van der Waals surface area contributed by atoms with Crippen LogP contribution in [-0.2, 0) is 19.7 Å². The third-order valence-corrected chi connectivity index (χ3v) is 3.79. The normalized spacial score (nSPS) is 20.8. The van der Waals surface area contributed by atoms with Crippen LogP contribution in [-0.4, -0.2) is 18.5 Å². The topological polar surface area (TPSA) is 55.4 Å². The molecule has 0 aliphatic heterocycles. The van der Waals surface area contributed by atoms with Gasteiger partial charge in [-0.1, -0.05) is 39.8 Å². The van der Waals surface area contributed by atoms with Gasteiger partial charge in [-0.3, -0.25) is 9.59 Å². The molecule has 0 spiro atoms.